The van der Waals surface area contributed by atoms with Crippen LogP contribution >= 0.6 is 0 Å². The zero-order chi connectivity index (χ0) is 24.5. The van der Waals surface area contributed by atoms with E-state index in [0.717, 1.165) is 48.4 Å². The molecule has 0 atom stereocenters. The van der Waals surface area contributed by atoms with Gasteiger partial charge in [-0.1, -0.05) is 60.2 Å². The standard InChI is InChI=1S/C30H35N3O2/c1-23-14-16-28(24(2)22-23)35-21-9-8-20-33-27-13-7-6-12-26(27)32-29(33)18-19-31-30(34)17-15-25-10-4-3-5-11-25/h3-7,10-14,16,22H,8-9,15,17-21H2,1-2H3,(H,31,34). The number of amides is 1. The van der Waals surface area contributed by atoms with Crippen molar-refractivity contribution in [3.05, 3.63) is 95.3 Å². The molecule has 0 fully saturated rings. The van der Waals surface area contributed by atoms with Crippen LogP contribution in [0.5, 0.6) is 5.75 Å². The fraction of sp³-hybridized carbons (Fsp3) is 0.333. The molecule has 35 heavy (non-hydrogen) atoms. The second-order valence-corrected chi connectivity index (χ2v) is 9.08. The molecule has 0 aliphatic rings. The van der Waals surface area contributed by atoms with Crippen LogP contribution < -0.4 is 10.1 Å². The molecule has 0 saturated carbocycles. The lowest BCUT2D eigenvalue weighted by atomic mass is 10.1. The Morgan fingerprint density at radius 2 is 1.74 bits per heavy atom. The number of ether oxygens (including phenoxy) is 1. The topological polar surface area (TPSA) is 56.1 Å². The Morgan fingerprint density at radius 3 is 2.57 bits per heavy atom. The van der Waals surface area contributed by atoms with Crippen LogP contribution in [-0.4, -0.2) is 28.6 Å². The Morgan fingerprint density at radius 1 is 0.943 bits per heavy atom. The van der Waals surface area contributed by atoms with Gasteiger partial charge in [-0.25, -0.2) is 4.98 Å². The normalized spacial score (nSPS) is 11.0. The average molecular weight is 470 g/mol. The van der Waals surface area contributed by atoms with Gasteiger partial charge in [0.05, 0.1) is 17.6 Å². The van der Waals surface area contributed by atoms with Crippen molar-refractivity contribution >= 4 is 16.9 Å². The zero-order valence-electron chi connectivity index (χ0n) is 20.8. The third kappa shape index (κ3) is 6.95. The number of imidazole rings is 1. The number of unbranched alkanes of at least 4 members (excludes halogenated alkanes) is 1. The number of rotatable bonds is 12. The van der Waals surface area contributed by atoms with Crippen molar-refractivity contribution in [1.29, 1.82) is 0 Å². The molecule has 5 heteroatoms. The molecular weight excluding hydrogens is 434 g/mol. The minimum Gasteiger partial charge on any atom is -0.493 e. The van der Waals surface area contributed by atoms with Crippen molar-refractivity contribution in [3.63, 3.8) is 0 Å². The molecule has 0 saturated heterocycles. The van der Waals surface area contributed by atoms with E-state index in [1.54, 1.807) is 0 Å². The number of fused-ring (bicyclic) bond motifs is 1. The van der Waals surface area contributed by atoms with Gasteiger partial charge in [0.1, 0.15) is 11.6 Å². The first-order valence-corrected chi connectivity index (χ1v) is 12.5. The summed E-state index contributed by atoms with van der Waals surface area (Å²) in [5.74, 6) is 2.07. The summed E-state index contributed by atoms with van der Waals surface area (Å²) >= 11 is 0. The van der Waals surface area contributed by atoms with E-state index in [9.17, 15) is 4.79 Å². The summed E-state index contributed by atoms with van der Waals surface area (Å²) in [4.78, 5) is 17.2. The predicted octanol–water partition coefficient (Wildman–Crippen LogP) is 5.80. The number of carbonyl (C=O) groups excluding carboxylic acids is 1. The molecule has 0 aliphatic heterocycles. The quantitative estimate of drug-likeness (QED) is 0.267. The number of para-hydroxylation sites is 2. The van der Waals surface area contributed by atoms with E-state index >= 15 is 0 Å². The minimum absolute atomic E-state index is 0.0834. The molecule has 182 valence electrons. The molecule has 0 radical (unpaired) electrons. The summed E-state index contributed by atoms with van der Waals surface area (Å²) in [6.07, 6.45) is 3.94. The van der Waals surface area contributed by atoms with Gasteiger partial charge in [-0.05, 0) is 62.4 Å². The van der Waals surface area contributed by atoms with Crippen molar-refractivity contribution in [1.82, 2.24) is 14.9 Å². The van der Waals surface area contributed by atoms with Gasteiger partial charge in [-0.2, -0.15) is 0 Å². The molecule has 0 aliphatic carbocycles. The number of nitrogens with zero attached hydrogens (tertiary/aromatic N) is 2. The number of aromatic nitrogens is 2. The van der Waals surface area contributed by atoms with Gasteiger partial charge in [-0.15, -0.1) is 0 Å². The Bertz CT molecular complexity index is 1250. The molecule has 0 unspecified atom stereocenters. The average Bonchev–Trinajstić information content (AvgIpc) is 3.21. The van der Waals surface area contributed by atoms with E-state index in [4.69, 9.17) is 9.72 Å². The number of aryl methyl sites for hydroxylation is 4. The predicted molar refractivity (Wildman–Crippen MR) is 142 cm³/mol. The van der Waals surface area contributed by atoms with E-state index in [1.807, 2.05) is 24.3 Å². The first kappa shape index (κ1) is 24.5. The largest absolute Gasteiger partial charge is 0.493 e. The third-order valence-electron chi connectivity index (χ3n) is 6.25. The van der Waals surface area contributed by atoms with Gasteiger partial charge in [0.2, 0.25) is 5.91 Å². The van der Waals surface area contributed by atoms with Crippen LogP contribution in [0.15, 0.2) is 72.8 Å². The highest BCUT2D eigenvalue weighted by atomic mass is 16.5. The van der Waals surface area contributed by atoms with Crippen LogP contribution in [-0.2, 0) is 24.2 Å². The third-order valence-corrected chi connectivity index (χ3v) is 6.25. The lowest BCUT2D eigenvalue weighted by Crippen LogP contribution is -2.26. The number of carbonyl (C=O) groups is 1. The minimum atomic E-state index is 0.0834. The molecule has 5 nitrogen and oxygen atoms in total. The molecule has 1 heterocycles. The van der Waals surface area contributed by atoms with Crippen molar-refractivity contribution in [2.75, 3.05) is 13.2 Å². The summed E-state index contributed by atoms with van der Waals surface area (Å²) in [5.41, 5.74) is 5.77. The van der Waals surface area contributed by atoms with Gasteiger partial charge in [0.15, 0.2) is 0 Å². The number of hydrogen-bond donors (Lipinski definition) is 1. The lowest BCUT2D eigenvalue weighted by molar-refractivity contribution is -0.121. The van der Waals surface area contributed by atoms with Crippen LogP contribution in [0.3, 0.4) is 0 Å². The Kier molecular flexibility index (Phi) is 8.55. The Labute approximate surface area is 208 Å². The Balaban J connectivity index is 1.27. The fourth-order valence-corrected chi connectivity index (χ4v) is 4.39. The van der Waals surface area contributed by atoms with Crippen LogP contribution in [0, 0.1) is 13.8 Å². The van der Waals surface area contributed by atoms with Crippen LogP contribution in [0.2, 0.25) is 0 Å². The lowest BCUT2D eigenvalue weighted by Gasteiger charge is -2.12. The monoisotopic (exact) mass is 469 g/mol. The van der Waals surface area contributed by atoms with Gasteiger partial charge in [-0.3, -0.25) is 4.79 Å². The van der Waals surface area contributed by atoms with E-state index in [1.165, 1.54) is 16.7 Å². The first-order chi connectivity index (χ1) is 17.1. The summed E-state index contributed by atoms with van der Waals surface area (Å²) in [7, 11) is 0. The molecule has 4 rings (SSSR count). The molecule has 3 aromatic carbocycles. The maximum absolute atomic E-state index is 12.3. The molecule has 0 spiro atoms. The van der Waals surface area contributed by atoms with Gasteiger partial charge in [0.25, 0.3) is 0 Å². The van der Waals surface area contributed by atoms with Gasteiger partial charge in [0, 0.05) is 25.9 Å². The number of hydrogen-bond acceptors (Lipinski definition) is 3. The molecule has 4 aromatic rings. The van der Waals surface area contributed by atoms with E-state index < -0.39 is 0 Å². The maximum Gasteiger partial charge on any atom is 0.220 e. The van der Waals surface area contributed by atoms with Crippen molar-refractivity contribution in [2.45, 2.75) is 52.5 Å². The Hall–Kier alpha value is -3.60. The van der Waals surface area contributed by atoms with Crippen molar-refractivity contribution in [2.24, 2.45) is 0 Å². The SMILES string of the molecule is Cc1ccc(OCCCCn2c(CCNC(=O)CCc3ccccc3)nc3ccccc32)c(C)c1. The maximum atomic E-state index is 12.3. The molecule has 1 N–H and O–H groups in total. The summed E-state index contributed by atoms with van der Waals surface area (Å²) in [5, 5.41) is 3.06. The highest BCUT2D eigenvalue weighted by Gasteiger charge is 2.11. The van der Waals surface area contributed by atoms with Crippen LogP contribution in [0.1, 0.15) is 41.8 Å². The zero-order valence-corrected chi connectivity index (χ0v) is 20.8. The summed E-state index contributed by atoms with van der Waals surface area (Å²) in [6, 6.07) is 24.7. The van der Waals surface area contributed by atoms with Crippen molar-refractivity contribution in [3.8, 4) is 5.75 Å². The number of nitrogens with one attached hydrogen (secondary N) is 1. The molecule has 0 bridgehead atoms. The first-order valence-electron chi connectivity index (χ1n) is 12.5. The van der Waals surface area contributed by atoms with Gasteiger partial charge < -0.3 is 14.6 Å². The van der Waals surface area contributed by atoms with E-state index in [2.05, 4.69) is 72.3 Å². The smallest absolute Gasteiger partial charge is 0.220 e. The van der Waals surface area contributed by atoms with Crippen LogP contribution in [0.4, 0.5) is 0 Å². The second kappa shape index (κ2) is 12.2. The molecular formula is C30H35N3O2. The summed E-state index contributed by atoms with van der Waals surface area (Å²) in [6.45, 7) is 6.36. The molecule has 1 amide bonds. The second-order valence-electron chi connectivity index (χ2n) is 9.08. The number of benzene rings is 3. The van der Waals surface area contributed by atoms with E-state index in [-0.39, 0.29) is 5.91 Å². The highest BCUT2D eigenvalue weighted by Crippen LogP contribution is 2.20. The summed E-state index contributed by atoms with van der Waals surface area (Å²) < 4.78 is 8.30. The fourth-order valence-electron chi connectivity index (χ4n) is 4.39. The van der Waals surface area contributed by atoms with Crippen LogP contribution in [0.25, 0.3) is 11.0 Å². The van der Waals surface area contributed by atoms with E-state index in [0.29, 0.717) is 26.0 Å². The van der Waals surface area contributed by atoms with Crippen molar-refractivity contribution < 1.29 is 9.53 Å². The highest BCUT2D eigenvalue weighted by molar-refractivity contribution is 5.77. The van der Waals surface area contributed by atoms with Gasteiger partial charge >= 0.3 is 0 Å². The molecule has 1 aromatic heterocycles.